The molecule has 0 spiro atoms. The summed E-state index contributed by atoms with van der Waals surface area (Å²) in [6.45, 7) is 2.69. The molecule has 0 bridgehead atoms. The fraction of sp³-hybridized carbons (Fsp3) is 0.462. The molecule has 0 aromatic heterocycles. The van der Waals surface area contributed by atoms with Gasteiger partial charge in [-0.3, -0.25) is 9.59 Å². The second-order valence-electron chi connectivity index (χ2n) is 8.16. The lowest BCUT2D eigenvalue weighted by molar-refractivity contribution is -0.129. The normalized spacial score (nSPS) is 17.8. The van der Waals surface area contributed by atoms with Gasteiger partial charge in [0, 0.05) is 25.1 Å². The van der Waals surface area contributed by atoms with Crippen molar-refractivity contribution in [3.05, 3.63) is 42.0 Å². The molecule has 1 aliphatic rings. The van der Waals surface area contributed by atoms with Crippen molar-refractivity contribution >= 4 is 17.5 Å². The number of methoxy groups -OCH3 is 4. The van der Waals surface area contributed by atoms with Gasteiger partial charge in [-0.1, -0.05) is 25.5 Å². The Morgan fingerprint density at radius 2 is 1.65 bits per heavy atom. The average Bonchev–Trinajstić information content (AvgIpc) is 2.87. The van der Waals surface area contributed by atoms with Crippen LogP contribution in [0.3, 0.4) is 0 Å². The second-order valence-corrected chi connectivity index (χ2v) is 8.16. The number of nitrogens with zero attached hydrogens (tertiary/aromatic N) is 1. The van der Waals surface area contributed by atoms with E-state index in [9.17, 15) is 9.59 Å². The Hall–Kier alpha value is -3.42. The van der Waals surface area contributed by atoms with Gasteiger partial charge in [-0.25, -0.2) is 0 Å². The Morgan fingerprint density at radius 3 is 2.18 bits per heavy atom. The van der Waals surface area contributed by atoms with Gasteiger partial charge >= 0.3 is 0 Å². The van der Waals surface area contributed by atoms with E-state index in [0.717, 1.165) is 18.4 Å². The van der Waals surface area contributed by atoms with Crippen LogP contribution in [0.1, 0.15) is 44.2 Å². The molecule has 1 saturated heterocycles. The van der Waals surface area contributed by atoms with Gasteiger partial charge < -0.3 is 29.2 Å². The fourth-order valence-corrected chi connectivity index (χ4v) is 4.38. The van der Waals surface area contributed by atoms with E-state index in [1.807, 2.05) is 24.3 Å². The van der Waals surface area contributed by atoms with Crippen LogP contribution >= 0.6 is 0 Å². The maximum Gasteiger partial charge on any atom is 0.227 e. The Bertz CT molecular complexity index is 966. The molecule has 3 rings (SSSR count). The van der Waals surface area contributed by atoms with Crippen molar-refractivity contribution in [3.63, 3.8) is 0 Å². The molecule has 2 atom stereocenters. The molecule has 2 aromatic rings. The van der Waals surface area contributed by atoms with Crippen molar-refractivity contribution in [1.82, 2.24) is 5.32 Å². The summed E-state index contributed by atoms with van der Waals surface area (Å²) in [6, 6.07) is 10.5. The van der Waals surface area contributed by atoms with Gasteiger partial charge in [0.1, 0.15) is 5.75 Å². The summed E-state index contributed by atoms with van der Waals surface area (Å²) in [7, 11) is 6.20. The van der Waals surface area contributed by atoms with E-state index in [1.165, 1.54) is 21.3 Å². The Labute approximate surface area is 201 Å². The van der Waals surface area contributed by atoms with Crippen LogP contribution < -0.4 is 29.2 Å². The van der Waals surface area contributed by atoms with E-state index in [1.54, 1.807) is 24.1 Å². The van der Waals surface area contributed by atoms with E-state index in [4.69, 9.17) is 18.9 Å². The molecule has 1 aliphatic heterocycles. The van der Waals surface area contributed by atoms with Crippen molar-refractivity contribution in [2.45, 2.75) is 38.6 Å². The number of benzene rings is 2. The van der Waals surface area contributed by atoms with Crippen LogP contribution in [-0.2, 0) is 9.59 Å². The molecule has 2 aromatic carbocycles. The van der Waals surface area contributed by atoms with Gasteiger partial charge in [0.2, 0.25) is 17.6 Å². The van der Waals surface area contributed by atoms with E-state index < -0.39 is 12.0 Å². The number of hydrogen-bond donors (Lipinski definition) is 1. The molecule has 8 heteroatoms. The van der Waals surface area contributed by atoms with Crippen LogP contribution in [0.4, 0.5) is 5.69 Å². The predicted molar refractivity (Wildman–Crippen MR) is 130 cm³/mol. The number of amides is 2. The monoisotopic (exact) mass is 470 g/mol. The van der Waals surface area contributed by atoms with Crippen molar-refractivity contribution in [2.24, 2.45) is 5.92 Å². The molecule has 0 aliphatic carbocycles. The third-order valence-corrected chi connectivity index (χ3v) is 6.15. The highest BCUT2D eigenvalue weighted by Crippen LogP contribution is 2.46. The number of piperidine rings is 1. The van der Waals surface area contributed by atoms with Crippen molar-refractivity contribution in [1.29, 1.82) is 0 Å². The molecule has 0 radical (unpaired) electrons. The van der Waals surface area contributed by atoms with E-state index in [0.29, 0.717) is 41.7 Å². The first-order chi connectivity index (χ1) is 16.5. The van der Waals surface area contributed by atoms with Gasteiger partial charge in [0.15, 0.2) is 11.5 Å². The molecular formula is C26H34N2O6. The second kappa shape index (κ2) is 11.6. The molecule has 184 valence electrons. The quantitative estimate of drug-likeness (QED) is 0.526. The number of rotatable bonds is 10. The van der Waals surface area contributed by atoms with Crippen LogP contribution in [0.15, 0.2) is 36.4 Å². The zero-order valence-corrected chi connectivity index (χ0v) is 20.6. The van der Waals surface area contributed by atoms with Crippen LogP contribution in [0, 0.1) is 5.92 Å². The smallest absolute Gasteiger partial charge is 0.227 e. The highest BCUT2D eigenvalue weighted by atomic mass is 16.5. The van der Waals surface area contributed by atoms with Crippen molar-refractivity contribution in [3.8, 4) is 23.0 Å². The summed E-state index contributed by atoms with van der Waals surface area (Å²) in [6.07, 6.45) is 2.62. The summed E-state index contributed by atoms with van der Waals surface area (Å²) < 4.78 is 21.8. The maximum atomic E-state index is 13.3. The molecule has 0 unspecified atom stereocenters. The molecule has 2 amide bonds. The van der Waals surface area contributed by atoms with Crippen molar-refractivity contribution in [2.75, 3.05) is 39.9 Å². The number of anilines is 1. The zero-order valence-electron chi connectivity index (χ0n) is 20.6. The summed E-state index contributed by atoms with van der Waals surface area (Å²) in [5.74, 6) is 1.47. The highest BCUT2D eigenvalue weighted by molar-refractivity contribution is 5.98. The zero-order chi connectivity index (χ0) is 24.7. The molecule has 8 nitrogen and oxygen atoms in total. The van der Waals surface area contributed by atoms with Crippen molar-refractivity contribution < 1.29 is 28.5 Å². The van der Waals surface area contributed by atoms with Crippen LogP contribution in [0.5, 0.6) is 23.0 Å². The van der Waals surface area contributed by atoms with E-state index >= 15 is 0 Å². The average molecular weight is 471 g/mol. The maximum absolute atomic E-state index is 13.3. The molecule has 34 heavy (non-hydrogen) atoms. The number of unbranched alkanes of at least 4 members (excludes halogenated alkanes) is 1. The minimum Gasteiger partial charge on any atom is -0.497 e. The minimum absolute atomic E-state index is 0.0563. The molecule has 0 saturated carbocycles. The first-order valence-corrected chi connectivity index (χ1v) is 11.5. The Morgan fingerprint density at radius 1 is 1.00 bits per heavy atom. The number of hydrogen-bond acceptors (Lipinski definition) is 6. The van der Waals surface area contributed by atoms with Gasteiger partial charge in [-0.05, 0) is 30.5 Å². The third kappa shape index (κ3) is 5.21. The number of ether oxygens (including phenoxy) is 4. The fourth-order valence-electron chi connectivity index (χ4n) is 4.38. The summed E-state index contributed by atoms with van der Waals surface area (Å²) in [4.78, 5) is 28.3. The number of carbonyl (C=O) groups is 2. The number of nitrogens with one attached hydrogen (secondary N) is 1. The SMILES string of the molecule is CCCCNC(=O)[C@H]1CCC(=O)N(c2cc(OC)c(OC)c(OC)c2)[C@@H]1c1ccc(OC)cc1. The lowest BCUT2D eigenvalue weighted by Crippen LogP contribution is -2.48. The van der Waals surface area contributed by atoms with Gasteiger partial charge in [0.25, 0.3) is 0 Å². The summed E-state index contributed by atoms with van der Waals surface area (Å²) >= 11 is 0. The van der Waals surface area contributed by atoms with Gasteiger partial charge in [-0.15, -0.1) is 0 Å². The molecule has 1 N–H and O–H groups in total. The van der Waals surface area contributed by atoms with Crippen LogP contribution in [0.2, 0.25) is 0 Å². The summed E-state index contributed by atoms with van der Waals surface area (Å²) in [5.41, 5.74) is 1.42. The first-order valence-electron chi connectivity index (χ1n) is 11.5. The summed E-state index contributed by atoms with van der Waals surface area (Å²) in [5, 5.41) is 3.05. The first kappa shape index (κ1) is 25.2. The highest BCUT2D eigenvalue weighted by Gasteiger charge is 2.42. The third-order valence-electron chi connectivity index (χ3n) is 6.15. The van der Waals surface area contributed by atoms with E-state index in [-0.39, 0.29) is 18.2 Å². The Kier molecular flexibility index (Phi) is 8.62. The van der Waals surface area contributed by atoms with Gasteiger partial charge in [-0.2, -0.15) is 0 Å². The number of carbonyl (C=O) groups excluding carboxylic acids is 2. The van der Waals surface area contributed by atoms with E-state index in [2.05, 4.69) is 12.2 Å². The lowest BCUT2D eigenvalue weighted by Gasteiger charge is -2.41. The van der Waals surface area contributed by atoms with Crippen LogP contribution in [-0.4, -0.2) is 46.8 Å². The molecule has 1 fully saturated rings. The predicted octanol–water partition coefficient (Wildman–Crippen LogP) is 4.12. The van der Waals surface area contributed by atoms with Gasteiger partial charge in [0.05, 0.1) is 46.1 Å². The topological polar surface area (TPSA) is 86.3 Å². The lowest BCUT2D eigenvalue weighted by atomic mass is 9.83. The molecule has 1 heterocycles. The molecular weight excluding hydrogens is 436 g/mol. The van der Waals surface area contributed by atoms with Crippen LogP contribution in [0.25, 0.3) is 0 Å². The largest absolute Gasteiger partial charge is 0.497 e. The standard InChI is InChI=1S/C26H34N2O6/c1-6-7-14-27-26(30)20-12-13-23(29)28(24(20)17-8-10-19(31-2)11-9-17)18-15-21(32-3)25(34-5)22(16-18)33-4/h8-11,15-16,20,24H,6-7,12-14H2,1-5H3,(H,27,30)/t20-,24+/m0/s1. The Balaban J connectivity index is 2.11. The minimum atomic E-state index is -0.503.